The summed E-state index contributed by atoms with van der Waals surface area (Å²) in [7, 11) is 0. The third kappa shape index (κ3) is 6.74. The number of carboxylic acid groups (broad SMARTS) is 1. The van der Waals surface area contributed by atoms with Crippen molar-refractivity contribution in [2.24, 2.45) is 5.92 Å². The first kappa shape index (κ1) is 15.1. The number of nitrogens with one attached hydrogen (secondary N) is 2. The molecular weight excluding hydrogens is 252 g/mol. The highest BCUT2D eigenvalue weighted by Gasteiger charge is 2.21. The molecule has 1 fully saturated rings. The van der Waals surface area contributed by atoms with E-state index < -0.39 is 12.0 Å². The van der Waals surface area contributed by atoms with Crippen LogP contribution in [-0.4, -0.2) is 41.7 Å². The molecule has 1 saturated carbocycles. The molecule has 1 unspecified atom stereocenters. The number of thioether (sulfide) groups is 1. The van der Waals surface area contributed by atoms with E-state index in [1.165, 1.54) is 12.8 Å². The van der Waals surface area contributed by atoms with Crippen molar-refractivity contribution >= 4 is 23.8 Å². The number of urea groups is 1. The molecule has 1 aliphatic rings. The van der Waals surface area contributed by atoms with E-state index in [0.717, 1.165) is 24.5 Å². The van der Waals surface area contributed by atoms with Gasteiger partial charge in [-0.05, 0) is 37.2 Å². The molecule has 0 saturated heterocycles. The number of hydrogen-bond acceptors (Lipinski definition) is 3. The molecule has 1 aliphatic carbocycles. The van der Waals surface area contributed by atoms with Crippen molar-refractivity contribution in [3.63, 3.8) is 0 Å². The van der Waals surface area contributed by atoms with E-state index in [2.05, 4.69) is 10.6 Å². The minimum atomic E-state index is -0.975. The maximum absolute atomic E-state index is 11.5. The second-order valence-electron chi connectivity index (χ2n) is 4.66. The summed E-state index contributed by atoms with van der Waals surface area (Å²) in [6.07, 6.45) is 7.14. The number of carbonyl (C=O) groups excluding carboxylic acids is 1. The van der Waals surface area contributed by atoms with Crippen molar-refractivity contribution in [3.05, 3.63) is 0 Å². The predicted molar refractivity (Wildman–Crippen MR) is 72.9 cm³/mol. The normalized spacial score (nSPS) is 16.1. The second-order valence-corrected chi connectivity index (χ2v) is 5.64. The molecule has 0 heterocycles. The van der Waals surface area contributed by atoms with Crippen LogP contribution in [0.25, 0.3) is 0 Å². The summed E-state index contributed by atoms with van der Waals surface area (Å²) >= 11 is 1.57. The Balaban J connectivity index is 2.11. The molecule has 0 aliphatic heterocycles. The molecule has 0 aromatic rings. The quantitative estimate of drug-likeness (QED) is 0.559. The summed E-state index contributed by atoms with van der Waals surface area (Å²) in [5.41, 5.74) is 0. The fraction of sp³-hybridized carbons (Fsp3) is 0.833. The first-order valence-electron chi connectivity index (χ1n) is 6.39. The van der Waals surface area contributed by atoms with Gasteiger partial charge < -0.3 is 15.7 Å². The zero-order valence-corrected chi connectivity index (χ0v) is 11.6. The van der Waals surface area contributed by atoms with Crippen LogP contribution in [0.3, 0.4) is 0 Å². The Morgan fingerprint density at radius 1 is 1.44 bits per heavy atom. The second kappa shape index (κ2) is 8.24. The van der Waals surface area contributed by atoms with Gasteiger partial charge in [0.2, 0.25) is 0 Å². The van der Waals surface area contributed by atoms with Crippen molar-refractivity contribution in [1.82, 2.24) is 10.6 Å². The molecular formula is C12H22N2O3S. The van der Waals surface area contributed by atoms with Crippen molar-refractivity contribution in [2.75, 3.05) is 18.6 Å². The van der Waals surface area contributed by atoms with E-state index in [0.29, 0.717) is 13.0 Å². The highest BCUT2D eigenvalue weighted by Crippen LogP contribution is 2.33. The van der Waals surface area contributed by atoms with E-state index in [9.17, 15) is 9.59 Å². The Kier molecular flexibility index (Phi) is 6.93. The van der Waals surface area contributed by atoms with Gasteiger partial charge in [0.15, 0.2) is 0 Å². The largest absolute Gasteiger partial charge is 0.480 e. The molecule has 6 heteroatoms. The third-order valence-electron chi connectivity index (χ3n) is 2.99. The molecule has 1 atom stereocenters. The lowest BCUT2D eigenvalue weighted by atomic mass is 10.2. The van der Waals surface area contributed by atoms with E-state index in [1.54, 1.807) is 11.8 Å². The summed E-state index contributed by atoms with van der Waals surface area (Å²) in [6, 6.07) is -1.17. The molecule has 0 radical (unpaired) electrons. The minimum absolute atomic E-state index is 0.376. The minimum Gasteiger partial charge on any atom is -0.480 e. The Morgan fingerprint density at radius 3 is 2.72 bits per heavy atom. The average molecular weight is 274 g/mol. The SMILES string of the molecule is CSCCC(NC(=O)NCCCC1CC1)C(=O)O. The van der Waals surface area contributed by atoms with Crippen molar-refractivity contribution in [1.29, 1.82) is 0 Å². The number of carbonyl (C=O) groups is 2. The standard InChI is InChI=1S/C12H22N2O3S/c1-18-8-6-10(11(15)16)14-12(17)13-7-2-3-9-4-5-9/h9-10H,2-8H2,1H3,(H,15,16)(H2,13,14,17). The van der Waals surface area contributed by atoms with Crippen LogP contribution in [-0.2, 0) is 4.79 Å². The lowest BCUT2D eigenvalue weighted by Crippen LogP contribution is -2.46. The average Bonchev–Trinajstić information content (AvgIpc) is 3.13. The predicted octanol–water partition coefficient (Wildman–Crippen LogP) is 1.68. The summed E-state index contributed by atoms with van der Waals surface area (Å²) in [4.78, 5) is 22.4. The highest BCUT2D eigenvalue weighted by atomic mass is 32.2. The number of rotatable bonds is 9. The number of carboxylic acids is 1. The molecule has 0 aromatic heterocycles. The molecule has 3 N–H and O–H groups in total. The Hall–Kier alpha value is -0.910. The topological polar surface area (TPSA) is 78.4 Å². The summed E-state index contributed by atoms with van der Waals surface area (Å²) in [5, 5.41) is 14.1. The monoisotopic (exact) mass is 274 g/mol. The maximum atomic E-state index is 11.5. The van der Waals surface area contributed by atoms with Crippen LogP contribution >= 0.6 is 11.8 Å². The van der Waals surface area contributed by atoms with E-state index in [4.69, 9.17) is 5.11 Å². The van der Waals surface area contributed by atoms with Crippen LogP contribution in [0.4, 0.5) is 4.79 Å². The molecule has 0 spiro atoms. The number of hydrogen-bond donors (Lipinski definition) is 3. The molecule has 104 valence electrons. The van der Waals surface area contributed by atoms with Gasteiger partial charge in [-0.15, -0.1) is 0 Å². The van der Waals surface area contributed by atoms with Crippen LogP contribution in [0.5, 0.6) is 0 Å². The molecule has 18 heavy (non-hydrogen) atoms. The molecule has 0 bridgehead atoms. The zero-order chi connectivity index (χ0) is 13.4. The maximum Gasteiger partial charge on any atom is 0.326 e. The van der Waals surface area contributed by atoms with Crippen LogP contribution < -0.4 is 10.6 Å². The lowest BCUT2D eigenvalue weighted by Gasteiger charge is -2.14. The van der Waals surface area contributed by atoms with Crippen LogP contribution in [0.15, 0.2) is 0 Å². The van der Waals surface area contributed by atoms with Gasteiger partial charge >= 0.3 is 12.0 Å². The van der Waals surface area contributed by atoms with Gasteiger partial charge in [0.25, 0.3) is 0 Å². The van der Waals surface area contributed by atoms with E-state index in [1.807, 2.05) is 6.26 Å². The van der Waals surface area contributed by atoms with Crippen LogP contribution in [0.2, 0.25) is 0 Å². The zero-order valence-electron chi connectivity index (χ0n) is 10.8. The van der Waals surface area contributed by atoms with E-state index >= 15 is 0 Å². The molecule has 1 rings (SSSR count). The van der Waals surface area contributed by atoms with Crippen molar-refractivity contribution in [3.8, 4) is 0 Å². The third-order valence-corrected chi connectivity index (χ3v) is 3.63. The van der Waals surface area contributed by atoms with Gasteiger partial charge in [0.05, 0.1) is 0 Å². The van der Waals surface area contributed by atoms with Gasteiger partial charge in [0, 0.05) is 6.54 Å². The summed E-state index contributed by atoms with van der Waals surface area (Å²) in [5.74, 6) is 0.610. The van der Waals surface area contributed by atoms with Crippen LogP contribution in [0.1, 0.15) is 32.1 Å². The lowest BCUT2D eigenvalue weighted by molar-refractivity contribution is -0.139. The Bertz CT molecular complexity index is 282. The molecule has 2 amide bonds. The fourth-order valence-electron chi connectivity index (χ4n) is 1.70. The van der Waals surface area contributed by atoms with Gasteiger partial charge in [0.1, 0.15) is 6.04 Å². The van der Waals surface area contributed by atoms with E-state index in [-0.39, 0.29) is 6.03 Å². The fourth-order valence-corrected chi connectivity index (χ4v) is 2.17. The van der Waals surface area contributed by atoms with Crippen LogP contribution in [0, 0.1) is 5.92 Å². The van der Waals surface area contributed by atoms with Gasteiger partial charge in [-0.2, -0.15) is 11.8 Å². The van der Waals surface area contributed by atoms with Crippen molar-refractivity contribution in [2.45, 2.75) is 38.1 Å². The van der Waals surface area contributed by atoms with Gasteiger partial charge in [-0.25, -0.2) is 9.59 Å². The van der Waals surface area contributed by atoms with Crippen molar-refractivity contribution < 1.29 is 14.7 Å². The van der Waals surface area contributed by atoms with Gasteiger partial charge in [-0.3, -0.25) is 0 Å². The summed E-state index contributed by atoms with van der Waals surface area (Å²) < 4.78 is 0. The smallest absolute Gasteiger partial charge is 0.326 e. The molecule has 5 nitrogen and oxygen atoms in total. The Labute approximate surface area is 112 Å². The molecule has 0 aromatic carbocycles. The Morgan fingerprint density at radius 2 is 2.17 bits per heavy atom. The number of aliphatic carboxylic acids is 1. The first-order valence-corrected chi connectivity index (χ1v) is 7.79. The number of amides is 2. The van der Waals surface area contributed by atoms with Gasteiger partial charge in [-0.1, -0.05) is 12.8 Å². The highest BCUT2D eigenvalue weighted by molar-refractivity contribution is 7.98. The summed E-state index contributed by atoms with van der Waals surface area (Å²) in [6.45, 7) is 0.622. The first-order chi connectivity index (χ1) is 8.63.